The highest BCUT2D eigenvalue weighted by atomic mass is 16.2. The largest absolute Gasteiger partial charge is 0.353 e. The Labute approximate surface area is 115 Å². The summed E-state index contributed by atoms with van der Waals surface area (Å²) in [5.74, 6) is -0.0838. The number of rotatable bonds is 4. The van der Waals surface area contributed by atoms with Crippen LogP contribution in [0.15, 0.2) is 0 Å². The highest BCUT2D eigenvalue weighted by Crippen LogP contribution is 2.29. The summed E-state index contributed by atoms with van der Waals surface area (Å²) in [7, 11) is 0. The molecule has 0 unspecified atom stereocenters. The number of nitrogens with zero attached hydrogens (tertiary/aromatic N) is 2. The average Bonchev–Trinajstić information content (AvgIpc) is 2.41. The maximum atomic E-state index is 12.5. The fourth-order valence-corrected chi connectivity index (χ4v) is 2.58. The van der Waals surface area contributed by atoms with Crippen LogP contribution < -0.4 is 5.32 Å². The van der Waals surface area contributed by atoms with E-state index >= 15 is 0 Å². The van der Waals surface area contributed by atoms with Gasteiger partial charge in [-0.3, -0.25) is 9.59 Å². The van der Waals surface area contributed by atoms with Gasteiger partial charge in [0.15, 0.2) is 0 Å². The Morgan fingerprint density at radius 2 is 1.84 bits per heavy atom. The molecule has 0 aromatic carbocycles. The Kier molecular flexibility index (Phi) is 5.34. The predicted molar refractivity (Wildman–Crippen MR) is 72.0 cm³/mol. The normalized spacial score (nSPS) is 16.8. The molecule has 5 nitrogen and oxygen atoms in total. The second-order valence-corrected chi connectivity index (χ2v) is 5.17. The maximum Gasteiger partial charge on any atom is 0.243 e. The summed E-state index contributed by atoms with van der Waals surface area (Å²) < 4.78 is 0. The lowest BCUT2D eigenvalue weighted by molar-refractivity contribution is -0.140. The van der Waals surface area contributed by atoms with E-state index in [0.717, 1.165) is 12.8 Å². The zero-order valence-corrected chi connectivity index (χ0v) is 12.0. The molecule has 106 valence electrons. The molecule has 0 aliphatic carbocycles. The maximum absolute atomic E-state index is 12.5. The van der Waals surface area contributed by atoms with E-state index < -0.39 is 5.41 Å². The number of likely N-dealkylation sites (tertiary alicyclic amines) is 1. The first kappa shape index (κ1) is 15.5. The fourth-order valence-electron chi connectivity index (χ4n) is 2.58. The molecule has 2 amide bonds. The number of amides is 2. The Hall–Kier alpha value is -1.57. The van der Waals surface area contributed by atoms with E-state index in [0.29, 0.717) is 25.9 Å². The van der Waals surface area contributed by atoms with Crippen LogP contribution in [0.2, 0.25) is 0 Å². The minimum absolute atomic E-state index is 0.0294. The Balaban J connectivity index is 2.62. The van der Waals surface area contributed by atoms with Gasteiger partial charge in [-0.25, -0.2) is 0 Å². The summed E-state index contributed by atoms with van der Waals surface area (Å²) in [6.07, 6.45) is 2.62. The van der Waals surface area contributed by atoms with E-state index in [2.05, 4.69) is 11.4 Å². The molecule has 0 spiro atoms. The minimum Gasteiger partial charge on any atom is -0.353 e. The van der Waals surface area contributed by atoms with Crippen LogP contribution in [0.4, 0.5) is 0 Å². The third-order valence-corrected chi connectivity index (χ3v) is 4.02. The number of hydrogen-bond acceptors (Lipinski definition) is 3. The number of hydrogen-bond donors (Lipinski definition) is 1. The second-order valence-electron chi connectivity index (χ2n) is 5.17. The van der Waals surface area contributed by atoms with Crippen molar-refractivity contribution in [1.82, 2.24) is 10.2 Å². The van der Waals surface area contributed by atoms with Crippen LogP contribution in [-0.2, 0) is 9.59 Å². The van der Waals surface area contributed by atoms with Crippen molar-refractivity contribution < 1.29 is 9.59 Å². The Morgan fingerprint density at radius 3 is 2.21 bits per heavy atom. The fraction of sp³-hybridized carbons (Fsp3) is 0.786. The van der Waals surface area contributed by atoms with Gasteiger partial charge >= 0.3 is 0 Å². The molecule has 5 heteroatoms. The van der Waals surface area contributed by atoms with Crippen LogP contribution in [0, 0.1) is 16.7 Å². The van der Waals surface area contributed by atoms with Crippen LogP contribution in [0.1, 0.15) is 46.5 Å². The summed E-state index contributed by atoms with van der Waals surface area (Å²) in [6.45, 7) is 6.51. The number of nitriles is 1. The molecule has 1 heterocycles. The monoisotopic (exact) mass is 265 g/mol. The number of nitrogens with one attached hydrogen (secondary N) is 1. The minimum atomic E-state index is -0.874. The molecule has 0 aromatic rings. The quantitative estimate of drug-likeness (QED) is 0.836. The van der Waals surface area contributed by atoms with Crippen molar-refractivity contribution in [2.45, 2.75) is 52.5 Å². The van der Waals surface area contributed by atoms with Crippen molar-refractivity contribution >= 4 is 11.8 Å². The topological polar surface area (TPSA) is 73.2 Å². The lowest BCUT2D eigenvalue weighted by Gasteiger charge is -2.36. The molecule has 0 atom stereocenters. The first-order valence-corrected chi connectivity index (χ1v) is 6.96. The van der Waals surface area contributed by atoms with Crippen LogP contribution in [0.3, 0.4) is 0 Å². The first-order valence-electron chi connectivity index (χ1n) is 6.96. The predicted octanol–water partition coefficient (Wildman–Crippen LogP) is 1.44. The van der Waals surface area contributed by atoms with Crippen LogP contribution in [-0.4, -0.2) is 35.8 Å². The van der Waals surface area contributed by atoms with Gasteiger partial charge in [0.1, 0.15) is 5.41 Å². The smallest absolute Gasteiger partial charge is 0.243 e. The SMILES string of the molecule is CCC(C#N)(CC)C(=O)N1CCC(NC(C)=O)CC1. The lowest BCUT2D eigenvalue weighted by atomic mass is 9.82. The van der Waals surface area contributed by atoms with Crippen molar-refractivity contribution in [3.05, 3.63) is 0 Å². The molecule has 0 bridgehead atoms. The van der Waals surface area contributed by atoms with E-state index in [-0.39, 0.29) is 17.9 Å². The van der Waals surface area contributed by atoms with Gasteiger partial charge in [0.05, 0.1) is 6.07 Å². The van der Waals surface area contributed by atoms with Gasteiger partial charge in [-0.05, 0) is 25.7 Å². The number of piperidine rings is 1. The molecular formula is C14H23N3O2. The zero-order chi connectivity index (χ0) is 14.5. The van der Waals surface area contributed by atoms with Crippen LogP contribution in [0.25, 0.3) is 0 Å². The molecule has 0 saturated carbocycles. The van der Waals surface area contributed by atoms with Gasteiger partial charge in [0.25, 0.3) is 0 Å². The van der Waals surface area contributed by atoms with Crippen molar-refractivity contribution in [2.24, 2.45) is 5.41 Å². The molecule has 1 rings (SSSR count). The van der Waals surface area contributed by atoms with Crippen LogP contribution in [0.5, 0.6) is 0 Å². The van der Waals surface area contributed by atoms with Gasteiger partial charge in [-0.15, -0.1) is 0 Å². The first-order chi connectivity index (χ1) is 8.99. The van der Waals surface area contributed by atoms with Gasteiger partial charge < -0.3 is 10.2 Å². The number of carbonyl (C=O) groups is 2. The summed E-state index contributed by atoms with van der Waals surface area (Å²) in [5, 5.41) is 12.2. The molecular weight excluding hydrogens is 242 g/mol. The lowest BCUT2D eigenvalue weighted by Crippen LogP contribution is -2.50. The molecule has 0 radical (unpaired) electrons. The summed E-state index contributed by atoms with van der Waals surface area (Å²) in [6, 6.07) is 2.35. The number of carbonyl (C=O) groups excluding carboxylic acids is 2. The highest BCUT2D eigenvalue weighted by Gasteiger charge is 2.39. The third kappa shape index (κ3) is 3.46. The molecule has 1 aliphatic heterocycles. The Morgan fingerprint density at radius 1 is 1.32 bits per heavy atom. The van der Waals surface area contributed by atoms with Crippen molar-refractivity contribution in [3.63, 3.8) is 0 Å². The van der Waals surface area contributed by atoms with E-state index in [9.17, 15) is 14.9 Å². The van der Waals surface area contributed by atoms with Gasteiger partial charge in [-0.2, -0.15) is 5.26 Å². The summed E-state index contributed by atoms with van der Waals surface area (Å²) >= 11 is 0. The standard InChI is InChI=1S/C14H23N3O2/c1-4-14(5-2,10-15)13(19)17-8-6-12(7-9-17)16-11(3)18/h12H,4-9H2,1-3H3,(H,16,18). The van der Waals surface area contributed by atoms with Gasteiger partial charge in [0.2, 0.25) is 11.8 Å². The van der Waals surface area contributed by atoms with Crippen LogP contribution >= 0.6 is 0 Å². The van der Waals surface area contributed by atoms with Crippen molar-refractivity contribution in [3.8, 4) is 6.07 Å². The highest BCUT2D eigenvalue weighted by molar-refractivity contribution is 5.85. The van der Waals surface area contributed by atoms with Crippen molar-refractivity contribution in [1.29, 1.82) is 5.26 Å². The zero-order valence-electron chi connectivity index (χ0n) is 12.0. The average molecular weight is 265 g/mol. The summed E-state index contributed by atoms with van der Waals surface area (Å²) in [4.78, 5) is 25.2. The molecule has 0 aromatic heterocycles. The van der Waals surface area contributed by atoms with Gasteiger partial charge in [0, 0.05) is 26.1 Å². The van der Waals surface area contributed by atoms with E-state index in [4.69, 9.17) is 0 Å². The molecule has 1 aliphatic rings. The molecule has 1 fully saturated rings. The van der Waals surface area contributed by atoms with E-state index in [1.165, 1.54) is 6.92 Å². The molecule has 1 saturated heterocycles. The molecule has 19 heavy (non-hydrogen) atoms. The second kappa shape index (κ2) is 6.55. The van der Waals surface area contributed by atoms with E-state index in [1.54, 1.807) is 4.90 Å². The third-order valence-electron chi connectivity index (χ3n) is 4.02. The van der Waals surface area contributed by atoms with Crippen molar-refractivity contribution in [2.75, 3.05) is 13.1 Å². The van der Waals surface area contributed by atoms with Gasteiger partial charge in [-0.1, -0.05) is 13.8 Å². The van der Waals surface area contributed by atoms with E-state index in [1.807, 2.05) is 13.8 Å². The summed E-state index contributed by atoms with van der Waals surface area (Å²) in [5.41, 5.74) is -0.874. The Bertz CT molecular complexity index is 375. The molecule has 1 N–H and O–H groups in total.